The van der Waals surface area contributed by atoms with Gasteiger partial charge in [0.05, 0.1) is 16.7 Å². The maximum absolute atomic E-state index is 11.4. The van der Waals surface area contributed by atoms with E-state index in [1.54, 1.807) is 18.2 Å². The van der Waals surface area contributed by atoms with Gasteiger partial charge in [-0.15, -0.1) is 4.91 Å². The second-order valence-electron chi connectivity index (χ2n) is 4.57. The van der Waals surface area contributed by atoms with Gasteiger partial charge in [-0.1, -0.05) is 48.5 Å². The molecule has 0 aliphatic carbocycles. The molecule has 0 bridgehead atoms. The van der Waals surface area contributed by atoms with Crippen LogP contribution in [-0.4, -0.2) is 6.29 Å². The number of nitroso groups, excluding NO2 is 1. The van der Waals surface area contributed by atoms with E-state index in [1.165, 1.54) is 5.01 Å². The molecule has 21 heavy (non-hydrogen) atoms. The minimum absolute atomic E-state index is 0.428. The Labute approximate surface area is 121 Å². The molecule has 0 fully saturated rings. The third-order valence-corrected chi connectivity index (χ3v) is 3.35. The molecule has 0 saturated heterocycles. The maximum Gasteiger partial charge on any atom is 0.152 e. The number of para-hydroxylation sites is 1. The number of hydrogen-bond donors (Lipinski definition) is 0. The number of rotatable bonds is 4. The first-order valence-electron chi connectivity index (χ1n) is 6.50. The molecule has 0 spiro atoms. The molecule has 3 rings (SSSR count). The average molecular weight is 276 g/mol. The van der Waals surface area contributed by atoms with Crippen molar-refractivity contribution in [3.63, 3.8) is 0 Å². The molecule has 4 nitrogen and oxygen atoms in total. The van der Waals surface area contributed by atoms with Crippen molar-refractivity contribution in [2.75, 3.05) is 5.01 Å². The second kappa shape index (κ2) is 5.54. The standard InChI is InChI=1S/C17H12N2O2/c20-12-14-11-10-13-6-4-5-9-16(13)17(14)19(18-21)15-7-2-1-3-8-15/h1-12H. The van der Waals surface area contributed by atoms with Crippen LogP contribution in [0.15, 0.2) is 72.0 Å². The van der Waals surface area contributed by atoms with E-state index in [-0.39, 0.29) is 0 Å². The lowest BCUT2D eigenvalue weighted by Gasteiger charge is -2.19. The summed E-state index contributed by atoms with van der Waals surface area (Å²) < 4.78 is 0. The molecular formula is C17H12N2O2. The van der Waals surface area contributed by atoms with E-state index in [0.717, 1.165) is 17.1 Å². The van der Waals surface area contributed by atoms with Crippen LogP contribution in [0, 0.1) is 4.91 Å². The highest BCUT2D eigenvalue weighted by atomic mass is 16.3. The molecule has 4 heteroatoms. The van der Waals surface area contributed by atoms with Crippen LogP contribution in [0.25, 0.3) is 10.8 Å². The lowest BCUT2D eigenvalue weighted by Crippen LogP contribution is -2.10. The van der Waals surface area contributed by atoms with E-state index in [2.05, 4.69) is 5.29 Å². The molecule has 0 aliphatic heterocycles. The molecule has 3 aromatic rings. The van der Waals surface area contributed by atoms with E-state index in [1.807, 2.05) is 48.5 Å². The second-order valence-corrected chi connectivity index (χ2v) is 4.57. The number of nitrogens with zero attached hydrogens (tertiary/aromatic N) is 2. The van der Waals surface area contributed by atoms with Gasteiger partial charge in [0.15, 0.2) is 6.29 Å². The van der Waals surface area contributed by atoms with Gasteiger partial charge in [-0.2, -0.15) is 5.01 Å². The summed E-state index contributed by atoms with van der Waals surface area (Å²) in [6.07, 6.45) is 0.739. The molecule has 0 atom stereocenters. The van der Waals surface area contributed by atoms with Gasteiger partial charge in [0, 0.05) is 10.9 Å². The largest absolute Gasteiger partial charge is 0.298 e. The van der Waals surface area contributed by atoms with Crippen LogP contribution in [0.4, 0.5) is 11.4 Å². The number of hydrogen-bond acceptors (Lipinski definition) is 3. The molecular weight excluding hydrogens is 264 g/mol. The predicted molar refractivity (Wildman–Crippen MR) is 83.7 cm³/mol. The van der Waals surface area contributed by atoms with Crippen LogP contribution >= 0.6 is 0 Å². The SMILES string of the molecule is O=Cc1ccc2ccccc2c1N(N=O)c1ccccc1. The molecule has 0 radical (unpaired) electrons. The van der Waals surface area contributed by atoms with Gasteiger partial charge in [-0.3, -0.25) is 4.79 Å². The monoisotopic (exact) mass is 276 g/mol. The number of fused-ring (bicyclic) bond motifs is 1. The molecule has 0 unspecified atom stereocenters. The first kappa shape index (κ1) is 13.0. The summed E-state index contributed by atoms with van der Waals surface area (Å²) in [7, 11) is 0. The molecule has 0 aromatic heterocycles. The molecule has 102 valence electrons. The van der Waals surface area contributed by atoms with Crippen LogP contribution in [0.1, 0.15) is 10.4 Å². The van der Waals surface area contributed by atoms with Crippen molar-refractivity contribution in [2.24, 2.45) is 5.29 Å². The third kappa shape index (κ3) is 2.27. The Morgan fingerprint density at radius 1 is 0.857 bits per heavy atom. The lowest BCUT2D eigenvalue weighted by atomic mass is 10.0. The Morgan fingerprint density at radius 3 is 2.29 bits per heavy atom. The van der Waals surface area contributed by atoms with Gasteiger partial charge in [0.1, 0.15) is 0 Å². The zero-order valence-corrected chi connectivity index (χ0v) is 11.1. The van der Waals surface area contributed by atoms with Crippen molar-refractivity contribution in [2.45, 2.75) is 0 Å². The van der Waals surface area contributed by atoms with Gasteiger partial charge in [0.25, 0.3) is 0 Å². The normalized spacial score (nSPS) is 10.3. The first-order valence-corrected chi connectivity index (χ1v) is 6.50. The minimum Gasteiger partial charge on any atom is -0.298 e. The van der Waals surface area contributed by atoms with Crippen LogP contribution < -0.4 is 5.01 Å². The maximum atomic E-state index is 11.4. The van der Waals surface area contributed by atoms with Gasteiger partial charge >= 0.3 is 0 Å². The third-order valence-electron chi connectivity index (χ3n) is 3.35. The summed E-state index contributed by atoms with van der Waals surface area (Å²) in [6.45, 7) is 0. The van der Waals surface area contributed by atoms with Crippen LogP contribution in [0.2, 0.25) is 0 Å². The topological polar surface area (TPSA) is 49.7 Å². The summed E-state index contributed by atoms with van der Waals surface area (Å²) in [5.41, 5.74) is 1.55. The Hall–Kier alpha value is -3.01. The fraction of sp³-hybridized carbons (Fsp3) is 0. The summed E-state index contributed by atoms with van der Waals surface area (Å²) in [6, 6.07) is 20.2. The molecule has 0 heterocycles. The van der Waals surface area contributed by atoms with Crippen LogP contribution in [-0.2, 0) is 0 Å². The Bertz CT molecular complexity index is 800. The smallest absolute Gasteiger partial charge is 0.152 e. The molecule has 3 aromatic carbocycles. The number of carbonyl (C=O) groups is 1. The number of anilines is 2. The van der Waals surface area contributed by atoms with Crippen molar-refractivity contribution in [1.82, 2.24) is 0 Å². The summed E-state index contributed by atoms with van der Waals surface area (Å²) in [5, 5.41) is 6.13. The zero-order chi connectivity index (χ0) is 14.7. The van der Waals surface area contributed by atoms with Crippen LogP contribution in [0.5, 0.6) is 0 Å². The minimum atomic E-state index is 0.428. The van der Waals surface area contributed by atoms with Crippen molar-refractivity contribution in [1.29, 1.82) is 0 Å². The summed E-state index contributed by atoms with van der Waals surface area (Å²) >= 11 is 0. The Kier molecular flexibility index (Phi) is 3.43. The molecule has 0 N–H and O–H groups in total. The van der Waals surface area contributed by atoms with Crippen molar-refractivity contribution in [3.05, 3.63) is 77.2 Å². The van der Waals surface area contributed by atoms with E-state index < -0.39 is 0 Å². The highest BCUT2D eigenvalue weighted by Gasteiger charge is 2.17. The predicted octanol–water partition coefficient (Wildman–Crippen LogP) is 4.47. The van der Waals surface area contributed by atoms with Gasteiger partial charge in [-0.05, 0) is 23.6 Å². The van der Waals surface area contributed by atoms with Crippen LogP contribution in [0.3, 0.4) is 0 Å². The summed E-state index contributed by atoms with van der Waals surface area (Å²) in [4.78, 5) is 22.7. The van der Waals surface area contributed by atoms with Gasteiger partial charge in [-0.25, -0.2) is 0 Å². The lowest BCUT2D eigenvalue weighted by molar-refractivity contribution is 0.112. The van der Waals surface area contributed by atoms with Gasteiger partial charge < -0.3 is 0 Å². The highest BCUT2D eigenvalue weighted by molar-refractivity contribution is 6.03. The average Bonchev–Trinajstić information content (AvgIpc) is 2.56. The fourth-order valence-corrected chi connectivity index (χ4v) is 2.39. The van der Waals surface area contributed by atoms with Crippen molar-refractivity contribution >= 4 is 28.4 Å². The highest BCUT2D eigenvalue weighted by Crippen LogP contribution is 2.35. The zero-order valence-electron chi connectivity index (χ0n) is 11.1. The Morgan fingerprint density at radius 2 is 1.57 bits per heavy atom. The number of benzene rings is 3. The fourth-order valence-electron chi connectivity index (χ4n) is 2.39. The summed E-state index contributed by atoms with van der Waals surface area (Å²) in [5.74, 6) is 0. The van der Waals surface area contributed by atoms with Crippen molar-refractivity contribution < 1.29 is 4.79 Å². The molecule has 0 amide bonds. The van der Waals surface area contributed by atoms with E-state index in [4.69, 9.17) is 0 Å². The first-order chi connectivity index (χ1) is 10.3. The molecule has 0 saturated carbocycles. The van der Waals surface area contributed by atoms with E-state index >= 15 is 0 Å². The quantitative estimate of drug-likeness (QED) is 0.401. The number of carbonyl (C=O) groups excluding carboxylic acids is 1. The van der Waals surface area contributed by atoms with E-state index in [9.17, 15) is 9.70 Å². The van der Waals surface area contributed by atoms with Gasteiger partial charge in [0.2, 0.25) is 0 Å². The van der Waals surface area contributed by atoms with Crippen molar-refractivity contribution in [3.8, 4) is 0 Å². The molecule has 0 aliphatic rings. The van der Waals surface area contributed by atoms with E-state index in [0.29, 0.717) is 16.9 Å². The number of aldehydes is 1. The Balaban J connectivity index is 2.31.